The van der Waals surface area contributed by atoms with E-state index >= 15 is 0 Å². The van der Waals surface area contributed by atoms with Crippen LogP contribution in [0.3, 0.4) is 0 Å². The van der Waals surface area contributed by atoms with Crippen molar-refractivity contribution in [3.05, 3.63) is 41.8 Å². The third kappa shape index (κ3) is 2.54. The predicted octanol–water partition coefficient (Wildman–Crippen LogP) is 2.72. The Bertz CT molecular complexity index is 596. The number of hydrogen-bond acceptors (Lipinski definition) is 4. The van der Waals surface area contributed by atoms with Gasteiger partial charge in [-0.05, 0) is 12.1 Å². The van der Waals surface area contributed by atoms with Crippen LogP contribution in [0.5, 0.6) is 11.6 Å². The number of rotatable bonds is 4. The molecule has 0 N–H and O–H groups in total. The van der Waals surface area contributed by atoms with Crippen LogP contribution in [0.1, 0.15) is 10.4 Å². The van der Waals surface area contributed by atoms with Gasteiger partial charge in [0, 0.05) is 29.5 Å². The van der Waals surface area contributed by atoms with E-state index in [2.05, 4.69) is 4.98 Å². The van der Waals surface area contributed by atoms with Gasteiger partial charge in [0.15, 0.2) is 6.29 Å². The van der Waals surface area contributed by atoms with Gasteiger partial charge < -0.3 is 9.47 Å². The van der Waals surface area contributed by atoms with Crippen molar-refractivity contribution in [2.45, 2.75) is 0 Å². The Labute approximate surface area is 109 Å². The molecule has 0 saturated heterocycles. The third-order valence-corrected chi connectivity index (χ3v) is 2.70. The molecule has 98 valence electrons. The highest BCUT2D eigenvalue weighted by atomic mass is 19.1. The zero-order valence-electron chi connectivity index (χ0n) is 10.5. The number of pyridine rings is 1. The van der Waals surface area contributed by atoms with Gasteiger partial charge >= 0.3 is 0 Å². The van der Waals surface area contributed by atoms with Crippen molar-refractivity contribution in [3.63, 3.8) is 0 Å². The molecule has 0 radical (unpaired) electrons. The molecule has 0 atom stereocenters. The van der Waals surface area contributed by atoms with E-state index in [1.165, 1.54) is 32.5 Å². The Morgan fingerprint density at radius 1 is 1.21 bits per heavy atom. The van der Waals surface area contributed by atoms with Crippen molar-refractivity contribution in [2.75, 3.05) is 14.2 Å². The van der Waals surface area contributed by atoms with Gasteiger partial charge in [-0.25, -0.2) is 9.37 Å². The van der Waals surface area contributed by atoms with Gasteiger partial charge in [-0.3, -0.25) is 4.79 Å². The molecule has 2 aromatic rings. The molecule has 1 aromatic carbocycles. The van der Waals surface area contributed by atoms with Crippen LogP contribution < -0.4 is 9.47 Å². The number of hydrogen-bond donors (Lipinski definition) is 0. The molecule has 4 nitrogen and oxygen atoms in total. The van der Waals surface area contributed by atoms with Crippen molar-refractivity contribution < 1.29 is 18.7 Å². The number of carbonyl (C=O) groups is 1. The summed E-state index contributed by atoms with van der Waals surface area (Å²) in [5.41, 5.74) is 1.14. The monoisotopic (exact) mass is 261 g/mol. The van der Waals surface area contributed by atoms with Gasteiger partial charge in [0.25, 0.3) is 0 Å². The molecular weight excluding hydrogens is 249 g/mol. The Balaban J connectivity index is 2.51. The van der Waals surface area contributed by atoms with Crippen molar-refractivity contribution in [1.29, 1.82) is 0 Å². The highest BCUT2D eigenvalue weighted by Crippen LogP contribution is 2.29. The first kappa shape index (κ1) is 13.0. The molecule has 0 unspecified atom stereocenters. The Morgan fingerprint density at radius 2 is 2.00 bits per heavy atom. The minimum Gasteiger partial charge on any atom is -0.496 e. The van der Waals surface area contributed by atoms with E-state index in [1.807, 2.05) is 0 Å². The van der Waals surface area contributed by atoms with E-state index in [-0.39, 0.29) is 16.9 Å². The van der Waals surface area contributed by atoms with Crippen LogP contribution in [0.15, 0.2) is 30.5 Å². The van der Waals surface area contributed by atoms with Gasteiger partial charge in [0.1, 0.15) is 11.6 Å². The molecule has 0 aliphatic heterocycles. The zero-order valence-corrected chi connectivity index (χ0v) is 10.5. The summed E-state index contributed by atoms with van der Waals surface area (Å²) in [6.07, 6.45) is 2.11. The van der Waals surface area contributed by atoms with Gasteiger partial charge in [0.2, 0.25) is 5.88 Å². The maximum absolute atomic E-state index is 14.0. The second kappa shape index (κ2) is 5.48. The van der Waals surface area contributed by atoms with Gasteiger partial charge in [-0.15, -0.1) is 0 Å². The molecule has 0 aliphatic carbocycles. The summed E-state index contributed by atoms with van der Waals surface area (Å²) in [6, 6.07) is 5.92. The summed E-state index contributed by atoms with van der Waals surface area (Å²) >= 11 is 0. The maximum Gasteiger partial charge on any atom is 0.212 e. The average Bonchev–Trinajstić information content (AvgIpc) is 2.47. The van der Waals surface area contributed by atoms with Crippen LogP contribution in [0.25, 0.3) is 11.1 Å². The average molecular weight is 261 g/mol. The predicted molar refractivity (Wildman–Crippen MR) is 68.1 cm³/mol. The largest absolute Gasteiger partial charge is 0.496 e. The van der Waals surface area contributed by atoms with Crippen molar-refractivity contribution >= 4 is 6.29 Å². The van der Waals surface area contributed by atoms with Gasteiger partial charge in [-0.2, -0.15) is 0 Å². The van der Waals surface area contributed by atoms with Gasteiger partial charge in [0.05, 0.1) is 19.8 Å². The minimum absolute atomic E-state index is 0.206. The Kier molecular flexibility index (Phi) is 3.75. The first-order valence-corrected chi connectivity index (χ1v) is 5.52. The van der Waals surface area contributed by atoms with Crippen LogP contribution in [0.4, 0.5) is 4.39 Å². The standard InChI is InChI=1S/C14H12FNO3/c1-18-13-6-12(15)11(5-10(13)8-17)9-3-4-14(19-2)16-7-9/h3-8H,1-2H3. The molecule has 0 aliphatic rings. The minimum atomic E-state index is -0.477. The summed E-state index contributed by atoms with van der Waals surface area (Å²) in [7, 11) is 2.89. The molecule has 2 rings (SSSR count). The zero-order chi connectivity index (χ0) is 13.8. The van der Waals surface area contributed by atoms with E-state index in [0.717, 1.165) is 0 Å². The molecule has 19 heavy (non-hydrogen) atoms. The molecule has 0 spiro atoms. The lowest BCUT2D eigenvalue weighted by Crippen LogP contribution is -1.95. The second-order valence-corrected chi connectivity index (χ2v) is 3.78. The number of carbonyl (C=O) groups excluding carboxylic acids is 1. The summed E-state index contributed by atoms with van der Waals surface area (Å²) in [4.78, 5) is 14.9. The first-order valence-electron chi connectivity index (χ1n) is 5.52. The number of aromatic nitrogens is 1. The SMILES string of the molecule is COc1ccc(-c2cc(C=O)c(OC)cc2F)cn1. The lowest BCUT2D eigenvalue weighted by molar-refractivity contribution is 0.112. The molecule has 5 heteroatoms. The third-order valence-electron chi connectivity index (χ3n) is 2.70. The van der Waals surface area contributed by atoms with Gasteiger partial charge in [-0.1, -0.05) is 0 Å². The lowest BCUT2D eigenvalue weighted by atomic mass is 10.0. The van der Waals surface area contributed by atoms with Crippen molar-refractivity contribution in [1.82, 2.24) is 4.98 Å². The summed E-state index contributed by atoms with van der Waals surface area (Å²) in [5.74, 6) is 0.167. The maximum atomic E-state index is 14.0. The van der Waals surface area contributed by atoms with Crippen LogP contribution >= 0.6 is 0 Å². The molecule has 0 saturated carbocycles. The summed E-state index contributed by atoms with van der Waals surface area (Å²) in [6.45, 7) is 0. The quantitative estimate of drug-likeness (QED) is 0.794. The topological polar surface area (TPSA) is 48.4 Å². The molecule has 1 heterocycles. The number of nitrogens with zero attached hydrogens (tertiary/aromatic N) is 1. The fourth-order valence-corrected chi connectivity index (χ4v) is 1.72. The lowest BCUT2D eigenvalue weighted by Gasteiger charge is -2.09. The summed E-state index contributed by atoms with van der Waals surface area (Å²) in [5, 5.41) is 0. The molecular formula is C14H12FNO3. The fourth-order valence-electron chi connectivity index (χ4n) is 1.72. The van der Waals surface area contributed by atoms with Crippen molar-refractivity contribution in [2.24, 2.45) is 0 Å². The van der Waals surface area contributed by atoms with E-state index in [1.54, 1.807) is 12.1 Å². The highest BCUT2D eigenvalue weighted by molar-refractivity contribution is 5.83. The van der Waals surface area contributed by atoms with Crippen LogP contribution in [-0.2, 0) is 0 Å². The molecule has 0 bridgehead atoms. The first-order chi connectivity index (χ1) is 9.19. The Hall–Kier alpha value is -2.43. The number of methoxy groups -OCH3 is 2. The number of aldehydes is 1. The normalized spacial score (nSPS) is 10.1. The Morgan fingerprint density at radius 3 is 2.53 bits per heavy atom. The van der Waals surface area contributed by atoms with E-state index in [4.69, 9.17) is 9.47 Å². The molecule has 1 aromatic heterocycles. The van der Waals surface area contributed by atoms with Crippen LogP contribution in [-0.4, -0.2) is 25.5 Å². The molecule has 0 fully saturated rings. The second-order valence-electron chi connectivity index (χ2n) is 3.78. The van der Waals surface area contributed by atoms with E-state index < -0.39 is 5.82 Å². The van der Waals surface area contributed by atoms with E-state index in [0.29, 0.717) is 17.7 Å². The fraction of sp³-hybridized carbons (Fsp3) is 0.143. The number of ether oxygens (including phenoxy) is 2. The van der Waals surface area contributed by atoms with Crippen LogP contribution in [0, 0.1) is 5.82 Å². The van der Waals surface area contributed by atoms with Crippen molar-refractivity contribution in [3.8, 4) is 22.8 Å². The highest BCUT2D eigenvalue weighted by Gasteiger charge is 2.12. The summed E-state index contributed by atoms with van der Waals surface area (Å²) < 4.78 is 23.8. The van der Waals surface area contributed by atoms with Crippen LogP contribution in [0.2, 0.25) is 0 Å². The molecule has 0 amide bonds. The van der Waals surface area contributed by atoms with E-state index in [9.17, 15) is 9.18 Å². The number of benzene rings is 1. The number of halogens is 1. The smallest absolute Gasteiger partial charge is 0.212 e.